The first-order chi connectivity index (χ1) is 12.6. The molecule has 0 spiro atoms. The lowest BCUT2D eigenvalue weighted by Gasteiger charge is -2.32. The maximum absolute atomic E-state index is 12.6. The van der Waals surface area contributed by atoms with E-state index in [0.29, 0.717) is 5.92 Å². The van der Waals surface area contributed by atoms with Gasteiger partial charge in [0.15, 0.2) is 0 Å². The van der Waals surface area contributed by atoms with Gasteiger partial charge in [-0.3, -0.25) is 4.79 Å². The van der Waals surface area contributed by atoms with Crippen LogP contribution < -0.4 is 5.32 Å². The largest absolute Gasteiger partial charge is 0.390 e. The standard InChI is InChI=1S/C21H30N4O/c1-24(2)12-6-11-23-17-20(16-22)21(26)25-13-9-19(10-14-25)15-18-7-4-3-5-8-18/h3-5,7-8,17,19,23H,6,9-15H2,1-2H3/b20-17-. The third kappa shape index (κ3) is 6.53. The number of piperidine rings is 1. The SMILES string of the molecule is CN(C)CCCN/C=C(/C#N)C(=O)N1CCC(Cc2ccccc2)CC1. The fraction of sp³-hybridized carbons (Fsp3) is 0.524. The number of benzene rings is 1. The quantitative estimate of drug-likeness (QED) is 0.442. The molecular weight excluding hydrogens is 324 g/mol. The summed E-state index contributed by atoms with van der Waals surface area (Å²) < 4.78 is 0. The number of rotatable bonds is 8. The molecule has 1 fully saturated rings. The van der Waals surface area contributed by atoms with E-state index in [-0.39, 0.29) is 11.5 Å². The molecule has 140 valence electrons. The lowest BCUT2D eigenvalue weighted by Crippen LogP contribution is -2.39. The highest BCUT2D eigenvalue weighted by molar-refractivity contribution is 5.97. The Morgan fingerprint density at radius 2 is 2.00 bits per heavy atom. The van der Waals surface area contributed by atoms with E-state index in [1.807, 2.05) is 31.1 Å². The minimum Gasteiger partial charge on any atom is -0.390 e. The predicted molar refractivity (Wildman–Crippen MR) is 104 cm³/mol. The van der Waals surface area contributed by atoms with Crippen molar-refractivity contribution < 1.29 is 4.79 Å². The number of nitrogens with zero attached hydrogens (tertiary/aromatic N) is 3. The number of carbonyl (C=O) groups excluding carboxylic acids is 1. The van der Waals surface area contributed by atoms with E-state index in [1.54, 1.807) is 6.20 Å². The third-order valence-electron chi connectivity index (χ3n) is 4.79. The van der Waals surface area contributed by atoms with Crippen molar-refractivity contribution in [3.8, 4) is 6.07 Å². The van der Waals surface area contributed by atoms with Crippen molar-refractivity contribution in [2.45, 2.75) is 25.7 Å². The highest BCUT2D eigenvalue weighted by atomic mass is 16.2. The van der Waals surface area contributed by atoms with Gasteiger partial charge in [-0.15, -0.1) is 0 Å². The van der Waals surface area contributed by atoms with Crippen LogP contribution in [0.4, 0.5) is 0 Å². The van der Waals surface area contributed by atoms with Gasteiger partial charge in [0, 0.05) is 25.8 Å². The molecule has 0 atom stereocenters. The van der Waals surface area contributed by atoms with Crippen LogP contribution in [0.5, 0.6) is 0 Å². The summed E-state index contributed by atoms with van der Waals surface area (Å²) in [4.78, 5) is 16.5. The summed E-state index contributed by atoms with van der Waals surface area (Å²) in [5.41, 5.74) is 1.56. The number of amides is 1. The fourth-order valence-corrected chi connectivity index (χ4v) is 3.27. The van der Waals surface area contributed by atoms with Crippen LogP contribution in [-0.2, 0) is 11.2 Å². The molecule has 1 aliphatic heterocycles. The molecule has 1 amide bonds. The van der Waals surface area contributed by atoms with Gasteiger partial charge < -0.3 is 15.1 Å². The molecule has 0 aliphatic carbocycles. The van der Waals surface area contributed by atoms with E-state index in [2.05, 4.69) is 34.5 Å². The monoisotopic (exact) mass is 354 g/mol. The van der Waals surface area contributed by atoms with Crippen molar-refractivity contribution in [3.05, 3.63) is 47.7 Å². The van der Waals surface area contributed by atoms with Crippen molar-refractivity contribution in [2.75, 3.05) is 40.3 Å². The topological polar surface area (TPSA) is 59.4 Å². The molecular formula is C21H30N4O. The minimum absolute atomic E-state index is 0.147. The van der Waals surface area contributed by atoms with Crippen LogP contribution in [0.25, 0.3) is 0 Å². The first-order valence-corrected chi connectivity index (χ1v) is 9.41. The molecule has 0 bridgehead atoms. The van der Waals surface area contributed by atoms with Gasteiger partial charge in [-0.05, 0) is 57.8 Å². The van der Waals surface area contributed by atoms with Crippen LogP contribution in [0.1, 0.15) is 24.8 Å². The van der Waals surface area contributed by atoms with Gasteiger partial charge in [0.1, 0.15) is 11.6 Å². The van der Waals surface area contributed by atoms with Gasteiger partial charge in [0.25, 0.3) is 5.91 Å². The summed E-state index contributed by atoms with van der Waals surface area (Å²) in [5.74, 6) is 0.464. The van der Waals surface area contributed by atoms with E-state index in [1.165, 1.54) is 5.56 Å². The summed E-state index contributed by atoms with van der Waals surface area (Å²) >= 11 is 0. The number of nitriles is 1. The highest BCUT2D eigenvalue weighted by Crippen LogP contribution is 2.22. The zero-order valence-corrected chi connectivity index (χ0v) is 15.9. The Kier molecular flexibility index (Phi) is 8.17. The van der Waals surface area contributed by atoms with Gasteiger partial charge in [-0.2, -0.15) is 5.26 Å². The molecule has 1 N–H and O–H groups in total. The zero-order valence-electron chi connectivity index (χ0n) is 15.9. The normalized spacial score (nSPS) is 15.8. The van der Waals surface area contributed by atoms with Crippen molar-refractivity contribution >= 4 is 5.91 Å². The average molecular weight is 354 g/mol. The van der Waals surface area contributed by atoms with Crippen LogP contribution in [0.2, 0.25) is 0 Å². The molecule has 26 heavy (non-hydrogen) atoms. The smallest absolute Gasteiger partial charge is 0.265 e. The Hall–Kier alpha value is -2.32. The molecule has 1 aliphatic rings. The number of nitrogens with one attached hydrogen (secondary N) is 1. The number of hydrogen-bond acceptors (Lipinski definition) is 4. The molecule has 0 unspecified atom stereocenters. The second-order valence-corrected chi connectivity index (χ2v) is 7.21. The predicted octanol–water partition coefficient (Wildman–Crippen LogP) is 2.42. The Bertz CT molecular complexity index is 625. The number of hydrogen-bond donors (Lipinski definition) is 1. The van der Waals surface area contributed by atoms with Crippen LogP contribution >= 0.6 is 0 Å². The Morgan fingerprint density at radius 3 is 2.62 bits per heavy atom. The van der Waals surface area contributed by atoms with Gasteiger partial charge >= 0.3 is 0 Å². The summed E-state index contributed by atoms with van der Waals surface area (Å²) in [6.07, 6.45) is 5.61. The first-order valence-electron chi connectivity index (χ1n) is 9.41. The third-order valence-corrected chi connectivity index (χ3v) is 4.79. The Balaban J connectivity index is 1.77. The molecule has 1 aromatic rings. The molecule has 0 aromatic heterocycles. The van der Waals surface area contributed by atoms with Crippen LogP contribution in [-0.4, -0.2) is 56.0 Å². The van der Waals surface area contributed by atoms with Crippen molar-refractivity contribution in [2.24, 2.45) is 5.92 Å². The fourth-order valence-electron chi connectivity index (χ4n) is 3.27. The molecule has 5 nitrogen and oxygen atoms in total. The maximum atomic E-state index is 12.6. The lowest BCUT2D eigenvalue weighted by atomic mass is 9.90. The molecule has 1 saturated heterocycles. The molecule has 1 heterocycles. The van der Waals surface area contributed by atoms with Gasteiger partial charge in [-0.25, -0.2) is 0 Å². The van der Waals surface area contributed by atoms with Crippen LogP contribution in [0, 0.1) is 17.2 Å². The van der Waals surface area contributed by atoms with Gasteiger partial charge in [0.05, 0.1) is 0 Å². The van der Waals surface area contributed by atoms with Gasteiger partial charge in [0.2, 0.25) is 0 Å². The maximum Gasteiger partial charge on any atom is 0.265 e. The molecule has 0 saturated carbocycles. The van der Waals surface area contributed by atoms with Gasteiger partial charge in [-0.1, -0.05) is 30.3 Å². The molecule has 1 aromatic carbocycles. The van der Waals surface area contributed by atoms with Crippen molar-refractivity contribution in [3.63, 3.8) is 0 Å². The van der Waals surface area contributed by atoms with Crippen LogP contribution in [0.15, 0.2) is 42.1 Å². The molecule has 5 heteroatoms. The summed E-state index contributed by atoms with van der Waals surface area (Å²) in [6.45, 7) is 3.20. The summed E-state index contributed by atoms with van der Waals surface area (Å²) in [6, 6.07) is 12.6. The first kappa shape index (κ1) is 20.0. The van der Waals surface area contributed by atoms with E-state index in [0.717, 1.165) is 51.9 Å². The average Bonchev–Trinajstić information content (AvgIpc) is 2.65. The molecule has 2 rings (SSSR count). The second kappa shape index (κ2) is 10.6. The molecule has 0 radical (unpaired) electrons. The summed E-state index contributed by atoms with van der Waals surface area (Å²) in [7, 11) is 4.06. The Morgan fingerprint density at radius 1 is 1.31 bits per heavy atom. The van der Waals surface area contributed by atoms with Crippen molar-refractivity contribution in [1.82, 2.24) is 15.1 Å². The summed E-state index contributed by atoms with van der Waals surface area (Å²) in [5, 5.41) is 12.4. The number of likely N-dealkylation sites (tertiary alicyclic amines) is 1. The Labute approximate surface area is 157 Å². The highest BCUT2D eigenvalue weighted by Gasteiger charge is 2.25. The second-order valence-electron chi connectivity index (χ2n) is 7.21. The van der Waals surface area contributed by atoms with Crippen LogP contribution in [0.3, 0.4) is 0 Å². The van der Waals surface area contributed by atoms with E-state index in [4.69, 9.17) is 0 Å². The minimum atomic E-state index is -0.147. The number of carbonyl (C=O) groups is 1. The van der Waals surface area contributed by atoms with Crippen molar-refractivity contribution in [1.29, 1.82) is 5.26 Å². The zero-order chi connectivity index (χ0) is 18.8. The lowest BCUT2D eigenvalue weighted by molar-refractivity contribution is -0.128. The van der Waals surface area contributed by atoms with E-state index < -0.39 is 0 Å². The van der Waals surface area contributed by atoms with E-state index in [9.17, 15) is 10.1 Å². The van der Waals surface area contributed by atoms with E-state index >= 15 is 0 Å².